The molecule has 2 fully saturated rings. The molecule has 2 aromatic heterocycles. The van der Waals surface area contributed by atoms with Gasteiger partial charge in [-0.15, -0.1) is 0 Å². The van der Waals surface area contributed by atoms with Crippen molar-refractivity contribution in [2.75, 3.05) is 18.0 Å². The number of hydrogen-bond donors (Lipinski definition) is 1. The Balaban J connectivity index is 1.50. The predicted octanol–water partition coefficient (Wildman–Crippen LogP) is 1.99. The summed E-state index contributed by atoms with van der Waals surface area (Å²) in [6, 6.07) is 2.53. The Morgan fingerprint density at radius 3 is 2.64 bits per heavy atom. The highest BCUT2D eigenvalue weighted by atomic mass is 16.1. The molecule has 6 nitrogen and oxygen atoms in total. The first kappa shape index (κ1) is 13.5. The summed E-state index contributed by atoms with van der Waals surface area (Å²) >= 11 is 0. The molecule has 22 heavy (non-hydrogen) atoms. The van der Waals surface area contributed by atoms with Gasteiger partial charge in [0.2, 0.25) is 0 Å². The van der Waals surface area contributed by atoms with E-state index in [4.69, 9.17) is 0 Å². The largest absolute Gasteiger partial charge is 0.352 e. The smallest absolute Gasteiger partial charge is 0.293 e. The SMILES string of the molecule is Cc1cc(C2CCN(c3nccn(C4CC4)c3=O)CC2)n[nH]1. The van der Waals surface area contributed by atoms with E-state index in [1.165, 1.54) is 0 Å². The number of aromatic amines is 1. The zero-order valence-electron chi connectivity index (χ0n) is 12.8. The molecule has 1 saturated carbocycles. The van der Waals surface area contributed by atoms with E-state index >= 15 is 0 Å². The first-order valence-corrected chi connectivity index (χ1v) is 8.06. The standard InChI is InChI=1S/C16H21N5O/c1-11-10-14(19-18-11)12-4-7-20(8-5-12)15-16(22)21(9-6-17-15)13-2-3-13/h6,9-10,12-13H,2-5,7-8H2,1H3,(H,18,19). The van der Waals surface area contributed by atoms with Crippen LogP contribution in [0.15, 0.2) is 23.3 Å². The second-order valence-corrected chi connectivity index (χ2v) is 6.43. The molecule has 116 valence electrons. The third-order valence-corrected chi connectivity index (χ3v) is 4.73. The summed E-state index contributed by atoms with van der Waals surface area (Å²) in [4.78, 5) is 19.0. The summed E-state index contributed by atoms with van der Waals surface area (Å²) in [5, 5.41) is 7.39. The number of piperidine rings is 1. The van der Waals surface area contributed by atoms with Crippen molar-refractivity contribution in [1.29, 1.82) is 0 Å². The molecule has 0 unspecified atom stereocenters. The summed E-state index contributed by atoms with van der Waals surface area (Å²) in [5.41, 5.74) is 2.32. The average Bonchev–Trinajstić information content (AvgIpc) is 3.29. The summed E-state index contributed by atoms with van der Waals surface area (Å²) < 4.78 is 1.85. The molecule has 6 heteroatoms. The van der Waals surface area contributed by atoms with E-state index < -0.39 is 0 Å². The Kier molecular flexibility index (Phi) is 3.24. The Bertz CT molecular complexity index is 722. The minimum atomic E-state index is 0.0686. The number of nitrogens with zero attached hydrogens (tertiary/aromatic N) is 4. The number of H-pyrrole nitrogens is 1. The lowest BCUT2D eigenvalue weighted by Crippen LogP contribution is -2.38. The van der Waals surface area contributed by atoms with Crippen LogP contribution in [0.25, 0.3) is 0 Å². The van der Waals surface area contributed by atoms with E-state index in [9.17, 15) is 4.79 Å². The Hall–Kier alpha value is -2.11. The van der Waals surface area contributed by atoms with Gasteiger partial charge in [-0.25, -0.2) is 4.98 Å². The van der Waals surface area contributed by atoms with Crippen LogP contribution in [0.1, 0.15) is 49.0 Å². The van der Waals surface area contributed by atoms with Gasteiger partial charge in [0.15, 0.2) is 5.82 Å². The lowest BCUT2D eigenvalue weighted by Gasteiger charge is -2.31. The summed E-state index contributed by atoms with van der Waals surface area (Å²) in [5.74, 6) is 1.10. The molecular weight excluding hydrogens is 278 g/mol. The van der Waals surface area contributed by atoms with Gasteiger partial charge in [0.25, 0.3) is 5.56 Å². The van der Waals surface area contributed by atoms with Gasteiger partial charge in [-0.2, -0.15) is 5.10 Å². The molecule has 0 bridgehead atoms. The van der Waals surface area contributed by atoms with E-state index in [0.29, 0.717) is 17.8 Å². The lowest BCUT2D eigenvalue weighted by molar-refractivity contribution is 0.490. The summed E-state index contributed by atoms with van der Waals surface area (Å²) in [7, 11) is 0. The van der Waals surface area contributed by atoms with Crippen molar-refractivity contribution in [2.24, 2.45) is 0 Å². The fraction of sp³-hybridized carbons (Fsp3) is 0.562. The van der Waals surface area contributed by atoms with Gasteiger partial charge in [-0.1, -0.05) is 0 Å². The van der Waals surface area contributed by atoms with E-state index in [1.807, 2.05) is 17.7 Å². The molecule has 0 spiro atoms. The third-order valence-electron chi connectivity index (χ3n) is 4.73. The molecule has 2 aliphatic rings. The Labute approximate surface area is 129 Å². The summed E-state index contributed by atoms with van der Waals surface area (Å²) in [6.07, 6.45) is 7.85. The highest BCUT2D eigenvalue weighted by Crippen LogP contribution is 2.34. The molecule has 0 atom stereocenters. The highest BCUT2D eigenvalue weighted by Gasteiger charge is 2.28. The number of nitrogens with one attached hydrogen (secondary N) is 1. The molecule has 2 aromatic rings. The molecule has 1 saturated heterocycles. The number of rotatable bonds is 3. The van der Waals surface area contributed by atoms with E-state index in [0.717, 1.165) is 50.2 Å². The van der Waals surface area contributed by atoms with Crippen molar-refractivity contribution in [3.63, 3.8) is 0 Å². The van der Waals surface area contributed by atoms with E-state index in [1.54, 1.807) is 6.20 Å². The first-order valence-electron chi connectivity index (χ1n) is 8.06. The molecule has 1 aliphatic carbocycles. The molecule has 4 rings (SSSR count). The fourth-order valence-electron chi connectivity index (χ4n) is 3.31. The van der Waals surface area contributed by atoms with Gasteiger partial charge in [-0.3, -0.25) is 9.89 Å². The van der Waals surface area contributed by atoms with Gasteiger partial charge in [0.1, 0.15) is 0 Å². The van der Waals surface area contributed by atoms with Gasteiger partial charge >= 0.3 is 0 Å². The van der Waals surface area contributed by atoms with Crippen LogP contribution in [0.5, 0.6) is 0 Å². The van der Waals surface area contributed by atoms with Crippen molar-refractivity contribution in [3.8, 4) is 0 Å². The maximum atomic E-state index is 12.5. The van der Waals surface area contributed by atoms with Crippen LogP contribution in [0.3, 0.4) is 0 Å². The van der Waals surface area contributed by atoms with E-state index in [2.05, 4.69) is 26.1 Å². The summed E-state index contributed by atoms with van der Waals surface area (Å²) in [6.45, 7) is 3.76. The topological polar surface area (TPSA) is 66.8 Å². The van der Waals surface area contributed by atoms with Crippen molar-refractivity contribution >= 4 is 5.82 Å². The van der Waals surface area contributed by atoms with Crippen LogP contribution < -0.4 is 10.5 Å². The van der Waals surface area contributed by atoms with Crippen molar-refractivity contribution in [2.45, 2.75) is 44.6 Å². The van der Waals surface area contributed by atoms with Crippen LogP contribution in [0.4, 0.5) is 5.82 Å². The van der Waals surface area contributed by atoms with Crippen LogP contribution in [-0.2, 0) is 0 Å². The number of aromatic nitrogens is 4. The number of hydrogen-bond acceptors (Lipinski definition) is 4. The van der Waals surface area contributed by atoms with Crippen LogP contribution in [0, 0.1) is 6.92 Å². The van der Waals surface area contributed by atoms with Crippen LogP contribution >= 0.6 is 0 Å². The normalized spacial score (nSPS) is 19.6. The molecule has 3 heterocycles. The Morgan fingerprint density at radius 2 is 2.00 bits per heavy atom. The van der Waals surface area contributed by atoms with Crippen molar-refractivity contribution in [3.05, 3.63) is 40.2 Å². The first-order chi connectivity index (χ1) is 10.7. The van der Waals surface area contributed by atoms with Gasteiger partial charge in [0, 0.05) is 43.1 Å². The molecule has 1 N–H and O–H groups in total. The monoisotopic (exact) mass is 299 g/mol. The van der Waals surface area contributed by atoms with Gasteiger partial charge in [-0.05, 0) is 38.7 Å². The second-order valence-electron chi connectivity index (χ2n) is 6.43. The van der Waals surface area contributed by atoms with Gasteiger partial charge < -0.3 is 9.47 Å². The number of anilines is 1. The minimum absolute atomic E-state index is 0.0686. The zero-order chi connectivity index (χ0) is 15.1. The fourth-order valence-corrected chi connectivity index (χ4v) is 3.31. The lowest BCUT2D eigenvalue weighted by atomic mass is 9.93. The molecular formula is C16H21N5O. The quantitative estimate of drug-likeness (QED) is 0.941. The predicted molar refractivity (Wildman–Crippen MR) is 84.3 cm³/mol. The van der Waals surface area contributed by atoms with Crippen molar-refractivity contribution in [1.82, 2.24) is 19.7 Å². The third kappa shape index (κ3) is 2.42. The van der Waals surface area contributed by atoms with E-state index in [-0.39, 0.29) is 5.56 Å². The zero-order valence-corrected chi connectivity index (χ0v) is 12.8. The second kappa shape index (κ2) is 5.26. The average molecular weight is 299 g/mol. The maximum absolute atomic E-state index is 12.5. The number of aryl methyl sites for hydroxylation is 1. The molecule has 0 radical (unpaired) electrons. The van der Waals surface area contributed by atoms with Gasteiger partial charge in [0.05, 0.1) is 5.69 Å². The van der Waals surface area contributed by atoms with Crippen molar-refractivity contribution < 1.29 is 0 Å². The Morgan fingerprint density at radius 1 is 1.23 bits per heavy atom. The molecule has 1 aliphatic heterocycles. The van der Waals surface area contributed by atoms with Crippen LogP contribution in [0.2, 0.25) is 0 Å². The molecule has 0 aromatic carbocycles. The van der Waals surface area contributed by atoms with Crippen LogP contribution in [-0.4, -0.2) is 32.8 Å². The maximum Gasteiger partial charge on any atom is 0.293 e. The highest BCUT2D eigenvalue weighted by molar-refractivity contribution is 5.37. The molecule has 0 amide bonds. The minimum Gasteiger partial charge on any atom is -0.352 e.